The third-order valence-corrected chi connectivity index (χ3v) is 10.5. The Kier molecular flexibility index (Phi) is 8.78. The first kappa shape index (κ1) is 25.0. The molecule has 2 rings (SSSR count). The molecule has 0 saturated carbocycles. The lowest BCUT2D eigenvalue weighted by Gasteiger charge is -2.36. The van der Waals surface area contributed by atoms with E-state index in [0.29, 0.717) is 32.0 Å². The van der Waals surface area contributed by atoms with Crippen LogP contribution < -0.4 is 5.32 Å². The summed E-state index contributed by atoms with van der Waals surface area (Å²) >= 11 is 0. The summed E-state index contributed by atoms with van der Waals surface area (Å²) in [5.74, 6) is 0.407. The molecule has 0 spiro atoms. The fraction of sp³-hybridized carbons (Fsp3) is 0.591. The minimum atomic E-state index is -1.82. The average Bonchev–Trinajstić information content (AvgIpc) is 3.06. The molecule has 172 valence electrons. The number of aryl methyl sites for hydroxylation is 1. The molecule has 9 heteroatoms. The number of ether oxygens (including phenoxy) is 1. The van der Waals surface area contributed by atoms with Crippen molar-refractivity contribution in [1.82, 2.24) is 9.78 Å². The van der Waals surface area contributed by atoms with Crippen molar-refractivity contribution in [1.29, 1.82) is 0 Å². The summed E-state index contributed by atoms with van der Waals surface area (Å²) in [7, 11) is -0.132. The molecule has 0 aliphatic carbocycles. The predicted octanol–water partition coefficient (Wildman–Crippen LogP) is 5.13. The second-order valence-electron chi connectivity index (χ2n) is 9.29. The SMILES string of the molecule is Cn1ncc([N+](=O)[O-])c1NCC[C@H](CCO[Si](C)(C)C(C)(C)C)OCc1ccccc1. The molecule has 8 nitrogen and oxygen atoms in total. The number of hydrogen-bond donors (Lipinski definition) is 1. The molecule has 0 aliphatic rings. The zero-order valence-corrected chi connectivity index (χ0v) is 20.6. The topological polar surface area (TPSA) is 91.5 Å². The maximum atomic E-state index is 11.2. The number of nitro groups is 1. The van der Waals surface area contributed by atoms with Gasteiger partial charge in [0, 0.05) is 20.2 Å². The molecule has 1 aromatic carbocycles. The Bertz CT molecular complexity index is 834. The molecule has 0 saturated heterocycles. The quantitative estimate of drug-likeness (QED) is 0.275. The Labute approximate surface area is 186 Å². The van der Waals surface area contributed by atoms with Crippen LogP contribution in [0.4, 0.5) is 11.5 Å². The molecular formula is C22H36N4O4Si. The molecule has 0 radical (unpaired) electrons. The number of rotatable bonds is 12. The first-order valence-corrected chi connectivity index (χ1v) is 13.6. The third-order valence-electron chi connectivity index (χ3n) is 5.91. The Morgan fingerprint density at radius 3 is 2.52 bits per heavy atom. The van der Waals surface area contributed by atoms with Crippen LogP contribution >= 0.6 is 0 Å². The summed E-state index contributed by atoms with van der Waals surface area (Å²) in [5.41, 5.74) is 1.10. The second-order valence-corrected chi connectivity index (χ2v) is 14.1. The van der Waals surface area contributed by atoms with Crippen LogP contribution in [0.5, 0.6) is 0 Å². The van der Waals surface area contributed by atoms with E-state index < -0.39 is 13.2 Å². The average molecular weight is 449 g/mol. The van der Waals surface area contributed by atoms with Gasteiger partial charge in [-0.25, -0.2) is 4.68 Å². The molecule has 0 aliphatic heterocycles. The Morgan fingerprint density at radius 1 is 1.23 bits per heavy atom. The van der Waals surface area contributed by atoms with Gasteiger partial charge in [-0.1, -0.05) is 51.1 Å². The Hall–Kier alpha value is -2.23. The lowest BCUT2D eigenvalue weighted by Crippen LogP contribution is -2.41. The van der Waals surface area contributed by atoms with Crippen LogP contribution in [0.1, 0.15) is 39.2 Å². The number of hydrogen-bond acceptors (Lipinski definition) is 6. The Morgan fingerprint density at radius 2 is 1.90 bits per heavy atom. The summed E-state index contributed by atoms with van der Waals surface area (Å²) in [6, 6.07) is 10.1. The first-order chi connectivity index (χ1) is 14.5. The minimum absolute atomic E-state index is 0.0227. The highest BCUT2D eigenvalue weighted by Gasteiger charge is 2.37. The highest BCUT2D eigenvalue weighted by atomic mass is 28.4. The lowest BCUT2D eigenvalue weighted by molar-refractivity contribution is -0.384. The van der Waals surface area contributed by atoms with Gasteiger partial charge in [0.25, 0.3) is 0 Å². The van der Waals surface area contributed by atoms with E-state index in [1.165, 1.54) is 10.9 Å². The molecule has 1 N–H and O–H groups in total. The standard InChI is InChI=1S/C22H36N4O4Si/c1-22(2,3)31(5,6)30-15-13-19(29-17-18-10-8-7-9-11-18)12-14-23-21-20(26(27)28)16-24-25(21)4/h7-11,16,19,23H,12-15,17H2,1-6H3/t19-/m1/s1. The van der Waals surface area contributed by atoms with E-state index in [-0.39, 0.29) is 16.8 Å². The molecular weight excluding hydrogens is 412 g/mol. The number of nitrogens with one attached hydrogen (secondary N) is 1. The van der Waals surface area contributed by atoms with Gasteiger partial charge < -0.3 is 14.5 Å². The zero-order valence-electron chi connectivity index (χ0n) is 19.6. The normalized spacial score (nSPS) is 13.2. The first-order valence-electron chi connectivity index (χ1n) is 10.7. The van der Waals surface area contributed by atoms with Crippen LogP contribution in [0.2, 0.25) is 18.1 Å². The van der Waals surface area contributed by atoms with E-state index in [4.69, 9.17) is 9.16 Å². The van der Waals surface area contributed by atoms with Crippen molar-refractivity contribution >= 4 is 19.8 Å². The van der Waals surface area contributed by atoms with Gasteiger partial charge in [-0.15, -0.1) is 0 Å². The largest absolute Gasteiger partial charge is 0.417 e. The fourth-order valence-corrected chi connectivity index (χ4v) is 3.94. The van der Waals surface area contributed by atoms with Gasteiger partial charge >= 0.3 is 5.69 Å². The van der Waals surface area contributed by atoms with Crippen LogP contribution in [0.3, 0.4) is 0 Å². The van der Waals surface area contributed by atoms with Crippen LogP contribution in [0.25, 0.3) is 0 Å². The smallest absolute Gasteiger partial charge is 0.330 e. The highest BCUT2D eigenvalue weighted by Crippen LogP contribution is 2.36. The minimum Gasteiger partial charge on any atom is -0.417 e. The lowest BCUT2D eigenvalue weighted by atomic mass is 10.2. The van der Waals surface area contributed by atoms with E-state index in [9.17, 15) is 10.1 Å². The summed E-state index contributed by atoms with van der Waals surface area (Å²) in [6.45, 7) is 12.9. The van der Waals surface area contributed by atoms with Gasteiger partial charge in [0.05, 0.1) is 17.6 Å². The predicted molar refractivity (Wildman–Crippen MR) is 126 cm³/mol. The van der Waals surface area contributed by atoms with E-state index in [1.807, 2.05) is 30.3 Å². The molecule has 0 fully saturated rings. The Balaban J connectivity index is 1.95. The zero-order chi connectivity index (χ0) is 23.1. The molecule has 1 atom stereocenters. The molecule has 0 unspecified atom stereocenters. The maximum Gasteiger partial charge on any atom is 0.330 e. The van der Waals surface area contributed by atoms with Crippen LogP contribution in [0.15, 0.2) is 36.5 Å². The van der Waals surface area contributed by atoms with Crippen LogP contribution in [0, 0.1) is 10.1 Å². The van der Waals surface area contributed by atoms with E-state index in [1.54, 1.807) is 7.05 Å². The number of anilines is 1. The molecule has 0 bridgehead atoms. The second kappa shape index (κ2) is 10.9. The highest BCUT2D eigenvalue weighted by molar-refractivity contribution is 6.74. The van der Waals surface area contributed by atoms with Gasteiger partial charge in [-0.3, -0.25) is 10.1 Å². The molecule has 2 aromatic rings. The van der Waals surface area contributed by atoms with Crippen molar-refractivity contribution < 1.29 is 14.1 Å². The summed E-state index contributed by atoms with van der Waals surface area (Å²) in [4.78, 5) is 10.8. The monoisotopic (exact) mass is 448 g/mol. The van der Waals surface area contributed by atoms with Gasteiger partial charge in [0.1, 0.15) is 6.20 Å². The van der Waals surface area contributed by atoms with E-state index >= 15 is 0 Å². The summed E-state index contributed by atoms with van der Waals surface area (Å²) in [6.07, 6.45) is 2.72. The summed E-state index contributed by atoms with van der Waals surface area (Å²) < 4.78 is 14.0. The third kappa shape index (κ3) is 7.44. The maximum absolute atomic E-state index is 11.2. The van der Waals surface area contributed by atoms with Crippen molar-refractivity contribution in [3.8, 4) is 0 Å². The van der Waals surface area contributed by atoms with Gasteiger partial charge in [0.2, 0.25) is 5.82 Å². The van der Waals surface area contributed by atoms with E-state index in [0.717, 1.165) is 12.0 Å². The number of aromatic nitrogens is 2. The van der Waals surface area contributed by atoms with Gasteiger partial charge in [-0.05, 0) is 36.5 Å². The van der Waals surface area contributed by atoms with Crippen molar-refractivity contribution in [3.05, 3.63) is 52.2 Å². The van der Waals surface area contributed by atoms with Gasteiger partial charge in [0.15, 0.2) is 8.32 Å². The fourth-order valence-electron chi connectivity index (χ4n) is 2.88. The molecule has 31 heavy (non-hydrogen) atoms. The van der Waals surface area contributed by atoms with Crippen LogP contribution in [-0.4, -0.2) is 42.3 Å². The van der Waals surface area contributed by atoms with Crippen molar-refractivity contribution in [3.63, 3.8) is 0 Å². The summed E-state index contributed by atoms with van der Waals surface area (Å²) in [5, 5.41) is 18.5. The van der Waals surface area contributed by atoms with Gasteiger partial charge in [-0.2, -0.15) is 5.10 Å². The number of nitrogens with zero attached hydrogens (tertiary/aromatic N) is 3. The van der Waals surface area contributed by atoms with Crippen LogP contribution in [-0.2, 0) is 22.8 Å². The molecule has 1 aromatic heterocycles. The van der Waals surface area contributed by atoms with Crippen molar-refractivity contribution in [2.75, 3.05) is 18.5 Å². The molecule has 1 heterocycles. The van der Waals surface area contributed by atoms with Crippen molar-refractivity contribution in [2.24, 2.45) is 7.05 Å². The number of benzene rings is 1. The van der Waals surface area contributed by atoms with Crippen molar-refractivity contribution in [2.45, 2.75) is 64.5 Å². The molecule has 0 amide bonds. The van der Waals surface area contributed by atoms with E-state index in [2.05, 4.69) is 44.3 Å².